The highest BCUT2D eigenvalue weighted by Gasteiger charge is 2.01. The molecule has 0 aliphatic rings. The Morgan fingerprint density at radius 3 is 2.82 bits per heavy atom. The minimum absolute atomic E-state index is 0. The smallest absolute Gasteiger partial charge is 0.240 e. The number of halogens is 1. The third kappa shape index (κ3) is 2.83. The van der Waals surface area contributed by atoms with E-state index in [1.165, 1.54) is 0 Å². The fraction of sp³-hybridized carbons (Fsp3) is 0.600. The van der Waals surface area contributed by atoms with Gasteiger partial charge in [-0.1, -0.05) is 5.16 Å². The molecule has 64 valence electrons. The molecule has 1 aromatic heterocycles. The van der Waals surface area contributed by atoms with Crippen molar-refractivity contribution in [2.75, 3.05) is 7.11 Å². The van der Waals surface area contributed by atoms with Gasteiger partial charge in [0.15, 0.2) is 5.82 Å². The van der Waals surface area contributed by atoms with Gasteiger partial charge < -0.3 is 15.0 Å². The van der Waals surface area contributed by atoms with Gasteiger partial charge in [-0.25, -0.2) is 0 Å². The quantitative estimate of drug-likeness (QED) is 0.712. The lowest BCUT2D eigenvalue weighted by molar-refractivity contribution is 0.174. The Morgan fingerprint density at radius 1 is 1.64 bits per heavy atom. The average Bonchev–Trinajstić information content (AvgIpc) is 2.37. The van der Waals surface area contributed by atoms with E-state index in [1.54, 1.807) is 7.11 Å². The standard InChI is InChI=1S/C5H9N3O2.ClH/c1-9-3-4-7-5(2-6)10-8-4;/h2-3,6H2,1H3;1H. The maximum Gasteiger partial charge on any atom is 0.240 e. The van der Waals surface area contributed by atoms with Crippen molar-refractivity contribution >= 4 is 12.4 Å². The van der Waals surface area contributed by atoms with Crippen molar-refractivity contribution in [1.82, 2.24) is 10.1 Å². The Labute approximate surface area is 70.3 Å². The first-order chi connectivity index (χ1) is 4.86. The highest BCUT2D eigenvalue weighted by molar-refractivity contribution is 5.85. The Kier molecular flexibility index (Phi) is 4.76. The van der Waals surface area contributed by atoms with E-state index in [0.717, 1.165) is 0 Å². The van der Waals surface area contributed by atoms with Crippen LogP contribution in [0, 0.1) is 0 Å². The van der Waals surface area contributed by atoms with Crippen LogP contribution in [-0.2, 0) is 17.9 Å². The van der Waals surface area contributed by atoms with Crippen molar-refractivity contribution in [3.8, 4) is 0 Å². The second-order valence-electron chi connectivity index (χ2n) is 1.74. The zero-order valence-electron chi connectivity index (χ0n) is 6.11. The summed E-state index contributed by atoms with van der Waals surface area (Å²) >= 11 is 0. The van der Waals surface area contributed by atoms with E-state index in [0.29, 0.717) is 18.3 Å². The maximum absolute atomic E-state index is 5.22. The Balaban J connectivity index is 0.000001000. The van der Waals surface area contributed by atoms with Crippen molar-refractivity contribution in [2.45, 2.75) is 13.2 Å². The number of methoxy groups -OCH3 is 1. The first kappa shape index (κ1) is 10.3. The van der Waals surface area contributed by atoms with E-state index in [4.69, 9.17) is 15.0 Å². The molecule has 0 spiro atoms. The van der Waals surface area contributed by atoms with Crippen LogP contribution < -0.4 is 5.73 Å². The normalized spacial score (nSPS) is 9.27. The van der Waals surface area contributed by atoms with E-state index >= 15 is 0 Å². The molecule has 0 aromatic carbocycles. The highest BCUT2D eigenvalue weighted by Crippen LogP contribution is 1.95. The number of nitrogens with two attached hydrogens (primary N) is 1. The highest BCUT2D eigenvalue weighted by atomic mass is 35.5. The van der Waals surface area contributed by atoms with Crippen LogP contribution >= 0.6 is 12.4 Å². The summed E-state index contributed by atoms with van der Waals surface area (Å²) < 4.78 is 9.46. The lowest BCUT2D eigenvalue weighted by Crippen LogP contribution is -1.96. The third-order valence-electron chi connectivity index (χ3n) is 0.958. The van der Waals surface area contributed by atoms with E-state index in [-0.39, 0.29) is 19.0 Å². The van der Waals surface area contributed by atoms with Crippen LogP contribution in [0.1, 0.15) is 11.7 Å². The molecular formula is C5H10ClN3O2. The summed E-state index contributed by atoms with van der Waals surface area (Å²) in [5, 5.41) is 3.59. The molecule has 1 heterocycles. The average molecular weight is 180 g/mol. The summed E-state index contributed by atoms with van der Waals surface area (Å²) in [4.78, 5) is 3.89. The molecule has 0 aliphatic carbocycles. The zero-order valence-corrected chi connectivity index (χ0v) is 6.93. The molecule has 0 saturated heterocycles. The van der Waals surface area contributed by atoms with Gasteiger partial charge in [0.05, 0.1) is 6.54 Å². The molecule has 0 bridgehead atoms. The summed E-state index contributed by atoms with van der Waals surface area (Å²) in [6.07, 6.45) is 0. The van der Waals surface area contributed by atoms with Gasteiger partial charge in [-0.2, -0.15) is 4.98 Å². The van der Waals surface area contributed by atoms with Crippen molar-refractivity contribution in [2.24, 2.45) is 5.73 Å². The van der Waals surface area contributed by atoms with Crippen molar-refractivity contribution < 1.29 is 9.26 Å². The number of nitrogens with zero attached hydrogens (tertiary/aromatic N) is 2. The Hall–Kier alpha value is -0.650. The molecule has 11 heavy (non-hydrogen) atoms. The molecule has 0 aliphatic heterocycles. The molecule has 0 saturated carbocycles. The number of ether oxygens (including phenoxy) is 1. The molecule has 6 heteroatoms. The molecule has 1 aromatic rings. The predicted octanol–water partition coefficient (Wildman–Crippen LogP) is 0.0965. The monoisotopic (exact) mass is 179 g/mol. The van der Waals surface area contributed by atoms with Crippen LogP contribution in [0.4, 0.5) is 0 Å². The molecule has 0 atom stereocenters. The van der Waals surface area contributed by atoms with Crippen LogP contribution in [0.15, 0.2) is 4.52 Å². The second kappa shape index (κ2) is 5.06. The summed E-state index contributed by atoms with van der Waals surface area (Å²) in [6, 6.07) is 0. The van der Waals surface area contributed by atoms with Gasteiger partial charge in [0.25, 0.3) is 0 Å². The number of hydrogen-bond acceptors (Lipinski definition) is 5. The second-order valence-corrected chi connectivity index (χ2v) is 1.74. The van der Waals surface area contributed by atoms with Crippen LogP contribution in [0.25, 0.3) is 0 Å². The van der Waals surface area contributed by atoms with Gasteiger partial charge in [-0.3, -0.25) is 0 Å². The SMILES string of the molecule is COCc1noc(CN)n1.Cl. The van der Waals surface area contributed by atoms with Gasteiger partial charge in [0, 0.05) is 7.11 Å². The first-order valence-corrected chi connectivity index (χ1v) is 2.87. The van der Waals surface area contributed by atoms with E-state index in [2.05, 4.69) is 10.1 Å². The van der Waals surface area contributed by atoms with Crippen molar-refractivity contribution in [3.05, 3.63) is 11.7 Å². The summed E-state index contributed by atoms with van der Waals surface area (Å²) in [6.45, 7) is 0.639. The molecular weight excluding hydrogens is 170 g/mol. The minimum atomic E-state index is 0. The summed E-state index contributed by atoms with van der Waals surface area (Å²) in [5.41, 5.74) is 5.22. The topological polar surface area (TPSA) is 74.2 Å². The number of aromatic nitrogens is 2. The van der Waals surface area contributed by atoms with Crippen molar-refractivity contribution in [3.63, 3.8) is 0 Å². The predicted molar refractivity (Wildman–Crippen MR) is 40.2 cm³/mol. The molecule has 0 unspecified atom stereocenters. The van der Waals surface area contributed by atoms with Crippen LogP contribution in [0.5, 0.6) is 0 Å². The van der Waals surface area contributed by atoms with Gasteiger partial charge in [0.1, 0.15) is 6.61 Å². The Morgan fingerprint density at radius 2 is 2.36 bits per heavy atom. The van der Waals surface area contributed by atoms with Crippen LogP contribution in [0.2, 0.25) is 0 Å². The molecule has 0 amide bonds. The largest absolute Gasteiger partial charge is 0.377 e. The fourth-order valence-electron chi connectivity index (χ4n) is 0.561. The van der Waals surface area contributed by atoms with Crippen LogP contribution in [-0.4, -0.2) is 17.3 Å². The number of rotatable bonds is 3. The summed E-state index contributed by atoms with van der Waals surface area (Å²) in [7, 11) is 1.57. The molecule has 1 rings (SSSR count). The van der Waals surface area contributed by atoms with E-state index in [9.17, 15) is 0 Å². The minimum Gasteiger partial charge on any atom is -0.377 e. The van der Waals surface area contributed by atoms with Gasteiger partial charge in [0.2, 0.25) is 5.89 Å². The third-order valence-corrected chi connectivity index (χ3v) is 0.958. The molecule has 0 fully saturated rings. The fourth-order valence-corrected chi connectivity index (χ4v) is 0.561. The lowest BCUT2D eigenvalue weighted by atomic mass is 10.6. The molecule has 0 radical (unpaired) electrons. The maximum atomic E-state index is 5.22. The summed E-state index contributed by atoms with van der Waals surface area (Å²) in [5.74, 6) is 0.968. The molecule has 5 nitrogen and oxygen atoms in total. The Bertz CT molecular complexity index is 203. The van der Waals surface area contributed by atoms with Gasteiger partial charge >= 0.3 is 0 Å². The zero-order chi connectivity index (χ0) is 7.40. The first-order valence-electron chi connectivity index (χ1n) is 2.87. The van der Waals surface area contributed by atoms with Crippen molar-refractivity contribution in [1.29, 1.82) is 0 Å². The van der Waals surface area contributed by atoms with Gasteiger partial charge in [-0.05, 0) is 0 Å². The number of hydrogen-bond donors (Lipinski definition) is 1. The van der Waals surface area contributed by atoms with E-state index in [1.807, 2.05) is 0 Å². The van der Waals surface area contributed by atoms with E-state index < -0.39 is 0 Å². The van der Waals surface area contributed by atoms with Crippen LogP contribution in [0.3, 0.4) is 0 Å². The van der Waals surface area contributed by atoms with Gasteiger partial charge in [-0.15, -0.1) is 12.4 Å². The lowest BCUT2D eigenvalue weighted by Gasteiger charge is -1.85. The molecule has 2 N–H and O–H groups in total.